The maximum Gasteiger partial charge on any atom is 0.346 e. The Hall–Kier alpha value is -1.89. The Morgan fingerprint density at radius 1 is 1.58 bits per heavy atom. The van der Waals surface area contributed by atoms with Crippen LogP contribution in [0.1, 0.15) is 6.92 Å². The molecule has 0 rings (SSSR count). The molecule has 62 valence electrons. The molecule has 12 heavy (non-hydrogen) atoms. The number of allylic oxidation sites excluding steroid dienone is 2. The summed E-state index contributed by atoms with van der Waals surface area (Å²) < 4.78 is 0. The van der Waals surface area contributed by atoms with Crippen LogP contribution in [0.15, 0.2) is 23.8 Å². The van der Waals surface area contributed by atoms with Crippen LogP contribution in [0, 0.1) is 11.3 Å². The van der Waals surface area contributed by atoms with Gasteiger partial charge in [-0.15, -0.1) is 0 Å². The van der Waals surface area contributed by atoms with Crippen molar-refractivity contribution in [2.45, 2.75) is 6.92 Å². The van der Waals surface area contributed by atoms with E-state index in [1.165, 1.54) is 13.0 Å². The van der Waals surface area contributed by atoms with Gasteiger partial charge in [-0.25, -0.2) is 4.79 Å². The van der Waals surface area contributed by atoms with Crippen molar-refractivity contribution in [1.82, 2.24) is 0 Å². The number of carboxylic acids is 1. The molecule has 0 saturated heterocycles. The lowest BCUT2D eigenvalue weighted by molar-refractivity contribution is -0.132. The fraction of sp³-hybridized carbons (Fsp3) is 0.125. The van der Waals surface area contributed by atoms with Gasteiger partial charge in [-0.3, -0.25) is 4.79 Å². The molecule has 0 unspecified atom stereocenters. The smallest absolute Gasteiger partial charge is 0.346 e. The molecule has 0 aromatic rings. The van der Waals surface area contributed by atoms with Crippen molar-refractivity contribution in [2.24, 2.45) is 0 Å². The minimum atomic E-state index is -1.41. The predicted octanol–water partition coefficient (Wildman–Crippen LogP) is 0.666. The summed E-state index contributed by atoms with van der Waals surface area (Å²) in [5.41, 5.74) is -0.382. The number of carbonyl (C=O) groups is 2. The molecular formula is C8H7NO3. The molecular weight excluding hydrogens is 158 g/mol. The van der Waals surface area contributed by atoms with Crippen LogP contribution in [-0.2, 0) is 9.59 Å². The van der Waals surface area contributed by atoms with Gasteiger partial charge in [0.15, 0.2) is 5.78 Å². The summed E-state index contributed by atoms with van der Waals surface area (Å²) in [6.07, 6.45) is 0.755. The van der Waals surface area contributed by atoms with Crippen LogP contribution in [0.4, 0.5) is 0 Å². The molecule has 4 heteroatoms. The maximum atomic E-state index is 10.8. The lowest BCUT2D eigenvalue weighted by atomic mass is 10.1. The minimum absolute atomic E-state index is 0.198. The molecule has 0 atom stereocenters. The Balaban J connectivity index is 4.77. The van der Waals surface area contributed by atoms with Crippen molar-refractivity contribution < 1.29 is 14.7 Å². The third kappa shape index (κ3) is 2.80. The van der Waals surface area contributed by atoms with Gasteiger partial charge < -0.3 is 5.11 Å². The van der Waals surface area contributed by atoms with Gasteiger partial charge in [0.05, 0.1) is 0 Å². The summed E-state index contributed by atoms with van der Waals surface area (Å²) >= 11 is 0. The van der Waals surface area contributed by atoms with Gasteiger partial charge in [-0.05, 0) is 12.5 Å². The van der Waals surface area contributed by atoms with Crippen molar-refractivity contribution >= 4 is 11.8 Å². The van der Waals surface area contributed by atoms with Gasteiger partial charge in [-0.2, -0.15) is 5.26 Å². The van der Waals surface area contributed by atoms with E-state index >= 15 is 0 Å². The van der Waals surface area contributed by atoms with E-state index in [1.807, 2.05) is 0 Å². The second-order valence-electron chi connectivity index (χ2n) is 2.12. The molecule has 0 radical (unpaired) electrons. The lowest BCUT2D eigenvalue weighted by Gasteiger charge is -1.90. The second-order valence-corrected chi connectivity index (χ2v) is 2.12. The Labute approximate surface area is 69.4 Å². The largest absolute Gasteiger partial charge is 0.477 e. The normalized spacial score (nSPS) is 10.2. The third-order valence-electron chi connectivity index (χ3n) is 1.05. The van der Waals surface area contributed by atoms with Crippen molar-refractivity contribution in [3.63, 3.8) is 0 Å². The zero-order valence-corrected chi connectivity index (χ0v) is 6.50. The predicted molar refractivity (Wildman–Crippen MR) is 41.2 cm³/mol. The van der Waals surface area contributed by atoms with E-state index in [1.54, 1.807) is 0 Å². The number of hydrogen-bond acceptors (Lipinski definition) is 3. The van der Waals surface area contributed by atoms with Crippen molar-refractivity contribution in [1.29, 1.82) is 5.26 Å². The van der Waals surface area contributed by atoms with Crippen LogP contribution in [0.2, 0.25) is 0 Å². The minimum Gasteiger partial charge on any atom is -0.477 e. The summed E-state index contributed by atoms with van der Waals surface area (Å²) in [6, 6.07) is 1.39. The maximum absolute atomic E-state index is 10.8. The quantitative estimate of drug-likeness (QED) is 0.492. The second kappa shape index (κ2) is 4.09. The summed E-state index contributed by atoms with van der Waals surface area (Å²) in [7, 11) is 0. The molecule has 1 N–H and O–H groups in total. The summed E-state index contributed by atoms with van der Waals surface area (Å²) in [5.74, 6) is -1.96. The molecule has 0 saturated carbocycles. The highest BCUT2D eigenvalue weighted by molar-refractivity contribution is 6.08. The first-order chi connectivity index (χ1) is 5.49. The van der Waals surface area contributed by atoms with Crippen molar-refractivity contribution in [3.05, 3.63) is 23.8 Å². The molecule has 0 amide bonds. The monoisotopic (exact) mass is 165 g/mol. The molecule has 0 fully saturated rings. The van der Waals surface area contributed by atoms with E-state index in [-0.39, 0.29) is 5.57 Å². The van der Waals surface area contributed by atoms with Gasteiger partial charge in [0, 0.05) is 6.08 Å². The van der Waals surface area contributed by atoms with Crippen molar-refractivity contribution in [2.75, 3.05) is 0 Å². The van der Waals surface area contributed by atoms with Crippen LogP contribution < -0.4 is 0 Å². The molecule has 0 heterocycles. The van der Waals surface area contributed by atoms with Crippen molar-refractivity contribution in [3.8, 4) is 6.07 Å². The number of aliphatic carboxylic acids is 1. The van der Waals surface area contributed by atoms with E-state index in [2.05, 4.69) is 6.58 Å². The number of ketones is 1. The SMILES string of the molecule is C=C(C)C(=O)C=C(C#N)C(=O)O. The molecule has 4 nitrogen and oxygen atoms in total. The molecule has 0 aliphatic carbocycles. The molecule has 0 aromatic heterocycles. The van der Waals surface area contributed by atoms with E-state index in [0.29, 0.717) is 0 Å². The fourth-order valence-electron chi connectivity index (χ4n) is 0.396. The summed E-state index contributed by atoms with van der Waals surface area (Å²) in [4.78, 5) is 21.0. The molecule has 0 aliphatic heterocycles. The van der Waals surface area contributed by atoms with Crippen LogP contribution in [0.5, 0.6) is 0 Å². The topological polar surface area (TPSA) is 78.2 Å². The highest BCUT2D eigenvalue weighted by Gasteiger charge is 2.08. The Bertz CT molecular complexity index is 307. The lowest BCUT2D eigenvalue weighted by Crippen LogP contribution is -2.02. The summed E-state index contributed by atoms with van der Waals surface area (Å²) in [6.45, 7) is 4.75. The van der Waals surface area contributed by atoms with E-state index in [9.17, 15) is 9.59 Å². The van der Waals surface area contributed by atoms with Gasteiger partial charge in [0.25, 0.3) is 0 Å². The highest BCUT2D eigenvalue weighted by atomic mass is 16.4. The molecule has 0 aromatic carbocycles. The fourth-order valence-corrected chi connectivity index (χ4v) is 0.396. The molecule has 0 spiro atoms. The zero-order chi connectivity index (χ0) is 9.72. The number of nitrogens with zero attached hydrogens (tertiary/aromatic N) is 1. The van der Waals surface area contributed by atoms with Crippen LogP contribution in [0.25, 0.3) is 0 Å². The average Bonchev–Trinajstić information content (AvgIpc) is 1.98. The number of rotatable bonds is 3. The van der Waals surface area contributed by atoms with Crippen LogP contribution in [-0.4, -0.2) is 16.9 Å². The van der Waals surface area contributed by atoms with Crippen LogP contribution in [0.3, 0.4) is 0 Å². The zero-order valence-electron chi connectivity index (χ0n) is 6.50. The number of nitriles is 1. The molecule has 0 bridgehead atoms. The first kappa shape index (κ1) is 10.1. The first-order valence-electron chi connectivity index (χ1n) is 3.04. The van der Waals surface area contributed by atoms with Crippen LogP contribution >= 0.6 is 0 Å². The van der Waals surface area contributed by atoms with E-state index in [4.69, 9.17) is 10.4 Å². The summed E-state index contributed by atoms with van der Waals surface area (Å²) in [5, 5.41) is 16.6. The highest BCUT2D eigenvalue weighted by Crippen LogP contribution is 1.97. The number of carboxylic acid groups (broad SMARTS) is 1. The average molecular weight is 165 g/mol. The number of hydrogen-bond donors (Lipinski definition) is 1. The van der Waals surface area contributed by atoms with E-state index < -0.39 is 17.3 Å². The van der Waals surface area contributed by atoms with Gasteiger partial charge in [0.2, 0.25) is 0 Å². The Morgan fingerprint density at radius 3 is 2.33 bits per heavy atom. The van der Waals surface area contributed by atoms with Gasteiger partial charge in [0.1, 0.15) is 11.6 Å². The molecule has 0 aliphatic rings. The standard InChI is InChI=1S/C8H7NO3/c1-5(2)7(10)3-6(4-9)8(11)12/h3H,1H2,2H3,(H,11,12). The first-order valence-corrected chi connectivity index (χ1v) is 3.04. The Morgan fingerprint density at radius 2 is 2.08 bits per heavy atom. The number of carbonyl (C=O) groups excluding carboxylic acids is 1. The van der Waals surface area contributed by atoms with Gasteiger partial charge in [-0.1, -0.05) is 6.58 Å². The third-order valence-corrected chi connectivity index (χ3v) is 1.05. The van der Waals surface area contributed by atoms with Gasteiger partial charge >= 0.3 is 5.97 Å². The Kier molecular flexibility index (Phi) is 3.44. The van der Waals surface area contributed by atoms with E-state index in [0.717, 1.165) is 6.08 Å².